The molecule has 34 heavy (non-hydrogen) atoms. The number of aryl methyl sites for hydroxylation is 2. The summed E-state index contributed by atoms with van der Waals surface area (Å²) in [5, 5.41) is 17.1. The second-order valence-electron chi connectivity index (χ2n) is 7.20. The average Bonchev–Trinajstić information content (AvgIpc) is 3.25. The third-order valence-electron chi connectivity index (χ3n) is 4.64. The molecule has 10 nitrogen and oxygen atoms in total. The Hall–Kier alpha value is -3.99. The first-order valence-electron chi connectivity index (χ1n) is 10.1. The number of carbonyl (C=O) groups excluding carboxylic acids is 2. The zero-order valence-corrected chi connectivity index (χ0v) is 19.9. The van der Waals surface area contributed by atoms with Crippen LogP contribution in [0.1, 0.15) is 16.9 Å². The van der Waals surface area contributed by atoms with Crippen molar-refractivity contribution >= 4 is 39.6 Å². The lowest BCUT2D eigenvalue weighted by Crippen LogP contribution is -2.37. The number of halogens is 1. The molecule has 176 valence electrons. The molecule has 0 unspecified atom stereocenters. The highest BCUT2D eigenvalue weighted by Crippen LogP contribution is 2.32. The number of nitrogens with one attached hydrogen (secondary N) is 2. The van der Waals surface area contributed by atoms with Crippen molar-refractivity contribution in [2.24, 2.45) is 5.10 Å². The van der Waals surface area contributed by atoms with E-state index in [2.05, 4.69) is 31.8 Å². The van der Waals surface area contributed by atoms with Gasteiger partial charge in [-0.05, 0) is 59.1 Å². The summed E-state index contributed by atoms with van der Waals surface area (Å²) in [6.45, 7) is 3.29. The van der Waals surface area contributed by atoms with Crippen LogP contribution in [-0.4, -0.2) is 36.1 Å². The van der Waals surface area contributed by atoms with Gasteiger partial charge in [-0.25, -0.2) is 5.43 Å². The van der Waals surface area contributed by atoms with E-state index in [4.69, 9.17) is 9.15 Å². The second-order valence-corrected chi connectivity index (χ2v) is 8.06. The molecule has 2 amide bonds. The molecule has 0 fully saturated rings. The zero-order chi connectivity index (χ0) is 24.7. The summed E-state index contributed by atoms with van der Waals surface area (Å²) in [4.78, 5) is 34.2. The summed E-state index contributed by atoms with van der Waals surface area (Å²) < 4.78 is 11.7. The van der Waals surface area contributed by atoms with Crippen molar-refractivity contribution in [3.8, 4) is 17.1 Å². The van der Waals surface area contributed by atoms with Crippen LogP contribution in [0.3, 0.4) is 0 Å². The van der Waals surface area contributed by atoms with Gasteiger partial charge in [0.25, 0.3) is 17.5 Å². The number of hydrogen-bond donors (Lipinski definition) is 2. The van der Waals surface area contributed by atoms with E-state index < -0.39 is 16.7 Å². The summed E-state index contributed by atoms with van der Waals surface area (Å²) in [5.74, 6) is 0.496. The molecule has 11 heteroatoms. The molecular formula is C23H21BrN4O6. The molecule has 0 atom stereocenters. The summed E-state index contributed by atoms with van der Waals surface area (Å²) in [7, 11) is 0. The van der Waals surface area contributed by atoms with E-state index in [-0.39, 0.29) is 18.8 Å². The van der Waals surface area contributed by atoms with E-state index >= 15 is 0 Å². The van der Waals surface area contributed by atoms with Gasteiger partial charge in [-0.3, -0.25) is 19.7 Å². The molecule has 0 saturated carbocycles. The number of nitro groups is 1. The largest absolute Gasteiger partial charge is 0.483 e. The maximum absolute atomic E-state index is 12.0. The Labute approximate surface area is 203 Å². The Morgan fingerprint density at radius 3 is 2.56 bits per heavy atom. The average molecular weight is 529 g/mol. The number of non-ortho nitro benzene ring substituents is 1. The monoisotopic (exact) mass is 528 g/mol. The van der Waals surface area contributed by atoms with Crippen molar-refractivity contribution in [2.45, 2.75) is 13.8 Å². The Morgan fingerprint density at radius 1 is 1.15 bits per heavy atom. The van der Waals surface area contributed by atoms with Gasteiger partial charge in [0.15, 0.2) is 6.61 Å². The van der Waals surface area contributed by atoms with Gasteiger partial charge in [-0.2, -0.15) is 5.10 Å². The maximum atomic E-state index is 12.0. The summed E-state index contributed by atoms with van der Waals surface area (Å²) in [6.07, 6.45) is 1.30. The molecule has 0 radical (unpaired) electrons. The smallest absolute Gasteiger partial charge is 0.270 e. The van der Waals surface area contributed by atoms with E-state index in [0.717, 1.165) is 11.1 Å². The Balaban J connectivity index is 1.46. The molecule has 0 aliphatic heterocycles. The molecule has 3 rings (SSSR count). The molecule has 3 aromatic rings. The topological polar surface area (TPSA) is 136 Å². The van der Waals surface area contributed by atoms with Crippen LogP contribution in [0.25, 0.3) is 11.3 Å². The number of para-hydroxylation sites is 1. The van der Waals surface area contributed by atoms with E-state index in [0.29, 0.717) is 27.3 Å². The van der Waals surface area contributed by atoms with E-state index in [1.807, 2.05) is 32.0 Å². The zero-order valence-electron chi connectivity index (χ0n) is 18.3. The van der Waals surface area contributed by atoms with E-state index in [1.54, 1.807) is 18.2 Å². The van der Waals surface area contributed by atoms with Crippen molar-refractivity contribution in [3.63, 3.8) is 0 Å². The van der Waals surface area contributed by atoms with Crippen molar-refractivity contribution in [3.05, 3.63) is 80.0 Å². The molecular weight excluding hydrogens is 508 g/mol. The van der Waals surface area contributed by atoms with Gasteiger partial charge in [0.05, 0.1) is 17.7 Å². The fraction of sp³-hybridized carbons (Fsp3) is 0.174. The van der Waals surface area contributed by atoms with Crippen LogP contribution in [0, 0.1) is 24.0 Å². The van der Waals surface area contributed by atoms with Gasteiger partial charge in [0.1, 0.15) is 17.3 Å². The summed E-state index contributed by atoms with van der Waals surface area (Å²) in [5.41, 5.74) is 4.71. The SMILES string of the molecule is Cc1cccc(C)c1OCC(=O)NCC(=O)NN=Cc1ccc(-c2ccc([N+](=O)[O-])cc2Br)o1. The minimum atomic E-state index is -0.526. The highest BCUT2D eigenvalue weighted by Gasteiger charge is 2.13. The standard InChI is InChI=1S/C23H21BrN4O6/c1-14-4-3-5-15(2)23(14)33-13-22(30)25-12-21(29)27-26-11-17-7-9-20(34-17)18-8-6-16(28(31)32)10-19(18)24/h3-11H,12-13H2,1-2H3,(H,25,30)(H,27,29). The molecule has 0 saturated heterocycles. The highest BCUT2D eigenvalue weighted by atomic mass is 79.9. The van der Waals surface area contributed by atoms with Crippen LogP contribution in [-0.2, 0) is 9.59 Å². The van der Waals surface area contributed by atoms with Gasteiger partial charge in [-0.1, -0.05) is 18.2 Å². The number of nitro benzene ring substituents is 1. The van der Waals surface area contributed by atoms with Gasteiger partial charge in [-0.15, -0.1) is 0 Å². The fourth-order valence-electron chi connectivity index (χ4n) is 2.99. The summed E-state index contributed by atoms with van der Waals surface area (Å²) in [6, 6.07) is 13.3. The maximum Gasteiger partial charge on any atom is 0.270 e. The number of hydrazone groups is 1. The third-order valence-corrected chi connectivity index (χ3v) is 5.30. The van der Waals surface area contributed by atoms with Crippen LogP contribution in [0.5, 0.6) is 5.75 Å². The number of benzene rings is 2. The molecule has 0 aliphatic carbocycles. The van der Waals surface area contributed by atoms with Crippen LogP contribution in [0.15, 0.2) is 62.5 Å². The van der Waals surface area contributed by atoms with Crippen molar-refractivity contribution in [1.29, 1.82) is 0 Å². The third kappa shape index (κ3) is 6.51. The normalized spacial score (nSPS) is 10.8. The second kappa shape index (κ2) is 11.2. The predicted molar refractivity (Wildman–Crippen MR) is 129 cm³/mol. The number of nitrogens with zero attached hydrogens (tertiary/aromatic N) is 2. The summed E-state index contributed by atoms with van der Waals surface area (Å²) >= 11 is 3.29. The number of rotatable bonds is 9. The lowest BCUT2D eigenvalue weighted by Gasteiger charge is -2.11. The van der Waals surface area contributed by atoms with E-state index in [1.165, 1.54) is 18.3 Å². The highest BCUT2D eigenvalue weighted by molar-refractivity contribution is 9.10. The van der Waals surface area contributed by atoms with Crippen LogP contribution in [0.2, 0.25) is 0 Å². The Morgan fingerprint density at radius 2 is 1.88 bits per heavy atom. The first-order valence-corrected chi connectivity index (χ1v) is 10.9. The molecule has 0 bridgehead atoms. The van der Waals surface area contributed by atoms with Crippen LogP contribution < -0.4 is 15.5 Å². The molecule has 0 aliphatic rings. The number of carbonyl (C=O) groups is 2. The molecule has 1 heterocycles. The van der Waals surface area contributed by atoms with Gasteiger partial charge in [0.2, 0.25) is 0 Å². The lowest BCUT2D eigenvalue weighted by molar-refractivity contribution is -0.384. The first-order chi connectivity index (χ1) is 16.2. The lowest BCUT2D eigenvalue weighted by atomic mass is 10.1. The van der Waals surface area contributed by atoms with Gasteiger partial charge in [0, 0.05) is 22.2 Å². The van der Waals surface area contributed by atoms with Crippen molar-refractivity contribution in [2.75, 3.05) is 13.2 Å². The molecule has 1 aromatic heterocycles. The van der Waals surface area contributed by atoms with Crippen LogP contribution in [0.4, 0.5) is 5.69 Å². The number of hydrogen-bond acceptors (Lipinski definition) is 7. The first kappa shape index (κ1) is 24.6. The molecule has 2 aromatic carbocycles. The number of ether oxygens (including phenoxy) is 1. The minimum absolute atomic E-state index is 0.0457. The van der Waals surface area contributed by atoms with Crippen molar-refractivity contribution in [1.82, 2.24) is 10.7 Å². The van der Waals surface area contributed by atoms with E-state index in [9.17, 15) is 19.7 Å². The van der Waals surface area contributed by atoms with Gasteiger partial charge < -0.3 is 14.5 Å². The number of amides is 2. The molecule has 0 spiro atoms. The van der Waals surface area contributed by atoms with Gasteiger partial charge >= 0.3 is 0 Å². The quantitative estimate of drug-likeness (QED) is 0.245. The Kier molecular flexibility index (Phi) is 8.14. The van der Waals surface area contributed by atoms with Crippen LogP contribution >= 0.6 is 15.9 Å². The molecule has 2 N–H and O–H groups in total. The number of furan rings is 1. The predicted octanol–water partition coefficient (Wildman–Crippen LogP) is 3.88. The van der Waals surface area contributed by atoms with Crippen molar-refractivity contribution < 1.29 is 23.7 Å². The fourth-order valence-corrected chi connectivity index (χ4v) is 3.55. The Bertz CT molecular complexity index is 1230. The minimum Gasteiger partial charge on any atom is -0.483 e.